The van der Waals surface area contributed by atoms with Gasteiger partial charge in [-0.1, -0.05) is 12.8 Å². The summed E-state index contributed by atoms with van der Waals surface area (Å²) in [6, 6.07) is 3.06. The zero-order valence-electron chi connectivity index (χ0n) is 12.6. The third kappa shape index (κ3) is 2.90. The van der Waals surface area contributed by atoms with Crippen molar-refractivity contribution in [3.05, 3.63) is 35.4 Å². The van der Waals surface area contributed by atoms with E-state index in [-0.39, 0.29) is 12.1 Å². The number of benzene rings is 1. The highest BCUT2D eigenvalue weighted by Crippen LogP contribution is 2.42. The van der Waals surface area contributed by atoms with Crippen molar-refractivity contribution in [2.24, 2.45) is 0 Å². The van der Waals surface area contributed by atoms with E-state index in [1.54, 1.807) is 0 Å². The highest BCUT2D eigenvalue weighted by atomic mass is 32.2. The lowest BCUT2D eigenvalue weighted by Gasteiger charge is -2.32. The van der Waals surface area contributed by atoms with Crippen LogP contribution in [0.15, 0.2) is 18.2 Å². The third-order valence-electron chi connectivity index (χ3n) is 4.44. The zero-order chi connectivity index (χ0) is 16.6. The van der Waals surface area contributed by atoms with E-state index in [9.17, 15) is 17.8 Å². The number of methoxy groups -OCH3 is 1. The van der Waals surface area contributed by atoms with E-state index >= 15 is 0 Å². The predicted octanol–water partition coefficient (Wildman–Crippen LogP) is 2.40. The predicted molar refractivity (Wildman–Crippen MR) is 78.2 cm³/mol. The van der Waals surface area contributed by atoms with Crippen molar-refractivity contribution >= 4 is 17.2 Å². The summed E-state index contributed by atoms with van der Waals surface area (Å²) in [7, 11) is 1.29. The van der Waals surface area contributed by atoms with Crippen molar-refractivity contribution in [3.63, 3.8) is 0 Å². The Morgan fingerprint density at radius 1 is 1.30 bits per heavy atom. The minimum Gasteiger partial charge on any atom is -0.468 e. The van der Waals surface area contributed by atoms with Crippen molar-refractivity contribution in [1.82, 2.24) is 4.31 Å². The summed E-state index contributed by atoms with van der Waals surface area (Å²) < 4.78 is 50.8. The molecule has 2 atom stereocenters. The summed E-state index contributed by atoms with van der Waals surface area (Å²) in [5.74, 6) is -1.90. The number of ether oxygens (including phenoxy) is 1. The molecule has 126 valence electrons. The topological polar surface area (TPSA) is 55.8 Å². The van der Waals surface area contributed by atoms with Crippen LogP contribution in [0.3, 0.4) is 0 Å². The van der Waals surface area contributed by atoms with E-state index in [0.717, 1.165) is 31.0 Å². The number of nitrogens with zero attached hydrogens (tertiary/aromatic N) is 1. The van der Waals surface area contributed by atoms with E-state index in [1.807, 2.05) is 0 Å². The van der Waals surface area contributed by atoms with E-state index in [0.29, 0.717) is 12.8 Å². The average molecular weight is 345 g/mol. The fourth-order valence-corrected chi connectivity index (χ4v) is 4.61. The van der Waals surface area contributed by atoms with Gasteiger partial charge in [0.2, 0.25) is 11.3 Å². The van der Waals surface area contributed by atoms with Crippen LogP contribution in [-0.2, 0) is 25.0 Å². The Hall–Kier alpha value is -1.38. The Labute approximate surface area is 135 Å². The second-order valence-electron chi connectivity index (χ2n) is 5.80. The van der Waals surface area contributed by atoms with Gasteiger partial charge >= 0.3 is 5.97 Å². The number of halogens is 2. The summed E-state index contributed by atoms with van der Waals surface area (Å²) in [5, 5.41) is 0. The standard InChI is InChI=1S/C15H17F2NO4S/c1-21-14(19)15(4-2-3-5-15)18-9-13(22-23(18)20)10-6-11(16)8-12(17)7-10/h6-8,13H,2-5,9H2,1H3/t13-,23?/m1/s1. The summed E-state index contributed by atoms with van der Waals surface area (Å²) in [5.41, 5.74) is -0.725. The molecule has 1 aliphatic carbocycles. The maximum Gasteiger partial charge on any atom is 0.327 e. The molecule has 1 aromatic carbocycles. The maximum absolute atomic E-state index is 13.4. The molecule has 1 aliphatic heterocycles. The molecule has 1 heterocycles. The second-order valence-corrected chi connectivity index (χ2v) is 6.86. The number of hydrogen-bond acceptors (Lipinski definition) is 4. The molecule has 0 radical (unpaired) electrons. The summed E-state index contributed by atoms with van der Waals surface area (Å²) >= 11 is -1.87. The lowest BCUT2D eigenvalue weighted by atomic mass is 9.96. The van der Waals surface area contributed by atoms with Gasteiger partial charge in [0.05, 0.1) is 7.11 Å². The Balaban J connectivity index is 1.88. The van der Waals surface area contributed by atoms with Crippen molar-refractivity contribution in [3.8, 4) is 0 Å². The quantitative estimate of drug-likeness (QED) is 0.790. The van der Waals surface area contributed by atoms with Gasteiger partial charge in [-0.15, -0.1) is 0 Å². The molecule has 1 saturated carbocycles. The van der Waals surface area contributed by atoms with Crippen LogP contribution in [0, 0.1) is 11.6 Å². The van der Waals surface area contributed by atoms with Crippen molar-refractivity contribution in [2.75, 3.05) is 13.7 Å². The van der Waals surface area contributed by atoms with E-state index in [4.69, 9.17) is 8.92 Å². The fraction of sp³-hybridized carbons (Fsp3) is 0.533. The summed E-state index contributed by atoms with van der Waals surface area (Å²) in [6.07, 6.45) is 1.94. The van der Waals surface area contributed by atoms with Gasteiger partial charge in [-0.2, -0.15) is 4.31 Å². The second kappa shape index (κ2) is 6.26. The third-order valence-corrected chi connectivity index (χ3v) is 5.70. The number of hydrogen-bond donors (Lipinski definition) is 0. The number of carbonyl (C=O) groups excluding carboxylic acids is 1. The van der Waals surface area contributed by atoms with Gasteiger partial charge in [-0.25, -0.2) is 13.0 Å². The van der Waals surface area contributed by atoms with E-state index in [1.165, 1.54) is 11.4 Å². The molecule has 2 aliphatic rings. The molecule has 5 nitrogen and oxygen atoms in total. The molecule has 0 bridgehead atoms. The molecule has 1 saturated heterocycles. The van der Waals surface area contributed by atoms with Crippen LogP contribution in [0.1, 0.15) is 37.4 Å². The van der Waals surface area contributed by atoms with Gasteiger partial charge in [0.15, 0.2) is 0 Å². The van der Waals surface area contributed by atoms with Gasteiger partial charge in [0.1, 0.15) is 23.3 Å². The summed E-state index contributed by atoms with van der Waals surface area (Å²) in [4.78, 5) is 12.2. The first-order valence-electron chi connectivity index (χ1n) is 7.37. The first-order valence-corrected chi connectivity index (χ1v) is 8.40. The molecule has 0 N–H and O–H groups in total. The van der Waals surface area contributed by atoms with Crippen molar-refractivity contribution < 1.29 is 26.7 Å². The van der Waals surface area contributed by atoms with Gasteiger partial charge in [0, 0.05) is 12.6 Å². The lowest BCUT2D eigenvalue weighted by molar-refractivity contribution is -0.151. The summed E-state index contributed by atoms with van der Waals surface area (Å²) in [6.45, 7) is 0.116. The number of rotatable bonds is 3. The molecule has 1 aromatic rings. The minimum atomic E-state index is -1.87. The minimum absolute atomic E-state index is 0.116. The Morgan fingerprint density at radius 3 is 2.48 bits per heavy atom. The molecule has 0 spiro atoms. The van der Waals surface area contributed by atoms with Gasteiger partial charge in [-0.3, -0.25) is 8.98 Å². The Kier molecular flexibility index (Phi) is 4.48. The fourth-order valence-electron chi connectivity index (χ4n) is 3.34. The first-order chi connectivity index (χ1) is 11.0. The zero-order valence-corrected chi connectivity index (χ0v) is 13.4. The average Bonchev–Trinajstić information content (AvgIpc) is 3.13. The van der Waals surface area contributed by atoms with Gasteiger partial charge in [-0.05, 0) is 30.5 Å². The smallest absolute Gasteiger partial charge is 0.327 e. The van der Waals surface area contributed by atoms with Crippen LogP contribution in [0.2, 0.25) is 0 Å². The first kappa shape index (κ1) is 16.5. The lowest BCUT2D eigenvalue weighted by Crippen LogP contribution is -2.52. The highest BCUT2D eigenvalue weighted by Gasteiger charge is 2.53. The monoisotopic (exact) mass is 345 g/mol. The molecule has 3 rings (SSSR count). The highest BCUT2D eigenvalue weighted by molar-refractivity contribution is 7.78. The molecular formula is C15H17F2NO4S. The van der Waals surface area contributed by atoms with Crippen molar-refractivity contribution in [2.45, 2.75) is 37.3 Å². The molecule has 8 heteroatoms. The molecular weight excluding hydrogens is 328 g/mol. The maximum atomic E-state index is 13.4. The number of carbonyl (C=O) groups is 1. The van der Waals surface area contributed by atoms with Crippen LogP contribution >= 0.6 is 0 Å². The normalized spacial score (nSPS) is 27.3. The van der Waals surface area contributed by atoms with Crippen molar-refractivity contribution in [1.29, 1.82) is 0 Å². The molecule has 0 amide bonds. The Morgan fingerprint density at radius 2 is 1.91 bits per heavy atom. The van der Waals surface area contributed by atoms with E-state index < -0.39 is 40.5 Å². The van der Waals surface area contributed by atoms with Crippen LogP contribution in [0.5, 0.6) is 0 Å². The van der Waals surface area contributed by atoms with E-state index in [2.05, 4.69) is 0 Å². The van der Waals surface area contributed by atoms with Crippen LogP contribution in [0.4, 0.5) is 8.78 Å². The van der Waals surface area contributed by atoms with Gasteiger partial charge in [0.25, 0.3) is 0 Å². The van der Waals surface area contributed by atoms with Crippen LogP contribution < -0.4 is 0 Å². The largest absolute Gasteiger partial charge is 0.468 e. The Bertz CT molecular complexity index is 628. The van der Waals surface area contributed by atoms with Crippen LogP contribution in [-0.4, -0.2) is 33.7 Å². The number of esters is 1. The molecule has 0 aromatic heterocycles. The van der Waals surface area contributed by atoms with Gasteiger partial charge < -0.3 is 4.74 Å². The molecule has 23 heavy (non-hydrogen) atoms. The SMILES string of the molecule is COC(=O)C1(N2C[C@H](c3cc(F)cc(F)c3)OS2=O)CCCC1. The van der Waals surface area contributed by atoms with Crippen LogP contribution in [0.25, 0.3) is 0 Å². The molecule has 1 unspecified atom stereocenters. The molecule has 2 fully saturated rings.